The number of amides is 1. The maximum atomic E-state index is 12.4. The van der Waals surface area contributed by atoms with Gasteiger partial charge in [-0.05, 0) is 49.6 Å². The highest BCUT2D eigenvalue weighted by Gasteiger charge is 2.33. The van der Waals surface area contributed by atoms with Crippen LogP contribution in [0.2, 0.25) is 5.02 Å². The molecule has 23 heavy (non-hydrogen) atoms. The van der Waals surface area contributed by atoms with Gasteiger partial charge in [0.15, 0.2) is 5.76 Å². The highest BCUT2D eigenvalue weighted by Crippen LogP contribution is 2.28. The molecule has 3 unspecified atom stereocenters. The molecule has 2 aliphatic rings. The Bertz CT molecular complexity index is 715. The summed E-state index contributed by atoms with van der Waals surface area (Å²) in [6.07, 6.45) is 2.33. The van der Waals surface area contributed by atoms with E-state index in [0.29, 0.717) is 16.5 Å². The van der Waals surface area contributed by atoms with Gasteiger partial charge in [0.05, 0.1) is 0 Å². The first-order chi connectivity index (χ1) is 11.2. The highest BCUT2D eigenvalue weighted by atomic mass is 35.5. The summed E-state index contributed by atoms with van der Waals surface area (Å²) in [5, 5.41) is 3.76. The molecule has 1 N–H and O–H groups in total. The van der Waals surface area contributed by atoms with Crippen LogP contribution in [0.5, 0.6) is 0 Å². The van der Waals surface area contributed by atoms with Gasteiger partial charge in [0.25, 0.3) is 5.91 Å². The smallest absolute Gasteiger partial charge is 0.287 e. The number of hydrogen-bond donors (Lipinski definition) is 1. The average molecular weight is 331 g/mol. The molecule has 4 rings (SSSR count). The quantitative estimate of drug-likeness (QED) is 0.938. The van der Waals surface area contributed by atoms with Crippen LogP contribution >= 0.6 is 11.6 Å². The van der Waals surface area contributed by atoms with E-state index in [9.17, 15) is 4.79 Å². The molecule has 1 amide bonds. The fraction of sp³-hybridized carbons (Fsp3) is 0.389. The fourth-order valence-corrected chi connectivity index (χ4v) is 3.87. The van der Waals surface area contributed by atoms with Crippen molar-refractivity contribution in [2.45, 2.75) is 18.9 Å². The first-order valence-electron chi connectivity index (χ1n) is 8.06. The van der Waals surface area contributed by atoms with Gasteiger partial charge >= 0.3 is 0 Å². The number of halogens is 1. The molecule has 2 fully saturated rings. The van der Waals surface area contributed by atoms with E-state index in [4.69, 9.17) is 16.0 Å². The zero-order valence-corrected chi connectivity index (χ0v) is 13.6. The van der Waals surface area contributed by atoms with Crippen molar-refractivity contribution in [1.82, 2.24) is 10.2 Å². The lowest BCUT2D eigenvalue weighted by molar-refractivity contribution is 0.0882. The Labute approximate surface area is 140 Å². The molecule has 2 bridgehead atoms. The second-order valence-electron chi connectivity index (χ2n) is 6.49. The van der Waals surface area contributed by atoms with Gasteiger partial charge in [-0.3, -0.25) is 4.79 Å². The predicted molar refractivity (Wildman–Crippen MR) is 89.6 cm³/mol. The molecule has 4 nitrogen and oxygen atoms in total. The normalized spacial score (nSPS) is 26.2. The predicted octanol–water partition coefficient (Wildman–Crippen LogP) is 3.42. The zero-order valence-electron chi connectivity index (χ0n) is 12.8. The van der Waals surface area contributed by atoms with Crippen LogP contribution in [0.15, 0.2) is 40.8 Å². The number of piperidine rings is 1. The number of nitrogens with zero attached hydrogens (tertiary/aromatic N) is 1. The van der Waals surface area contributed by atoms with Gasteiger partial charge in [-0.2, -0.15) is 0 Å². The van der Waals surface area contributed by atoms with E-state index < -0.39 is 0 Å². The SMILES string of the molecule is O=C(NC1CC2CCN(C2)C1)c1ccc(-c2cccc(Cl)c2)o1. The molecule has 3 heterocycles. The Balaban J connectivity index is 1.45. The number of nitrogens with one attached hydrogen (secondary N) is 1. The van der Waals surface area contributed by atoms with E-state index in [-0.39, 0.29) is 11.9 Å². The molecule has 1 aromatic carbocycles. The summed E-state index contributed by atoms with van der Waals surface area (Å²) in [5.41, 5.74) is 0.873. The summed E-state index contributed by atoms with van der Waals surface area (Å²) in [6, 6.07) is 11.2. The van der Waals surface area contributed by atoms with Crippen LogP contribution in [-0.4, -0.2) is 36.5 Å². The van der Waals surface area contributed by atoms with Crippen molar-refractivity contribution in [2.24, 2.45) is 5.92 Å². The molecule has 0 spiro atoms. The molecule has 3 atom stereocenters. The molecule has 5 heteroatoms. The number of fused-ring (bicyclic) bond motifs is 2. The van der Waals surface area contributed by atoms with Crippen LogP contribution in [-0.2, 0) is 0 Å². The molecule has 1 aromatic heterocycles. The molecular weight excluding hydrogens is 312 g/mol. The van der Waals surface area contributed by atoms with Crippen molar-refractivity contribution < 1.29 is 9.21 Å². The minimum absolute atomic E-state index is 0.134. The molecule has 2 aromatic rings. The highest BCUT2D eigenvalue weighted by molar-refractivity contribution is 6.30. The monoisotopic (exact) mass is 330 g/mol. The van der Waals surface area contributed by atoms with Crippen molar-refractivity contribution in [3.63, 3.8) is 0 Å². The third-order valence-electron chi connectivity index (χ3n) is 4.74. The van der Waals surface area contributed by atoms with Crippen LogP contribution in [0, 0.1) is 5.92 Å². The van der Waals surface area contributed by atoms with Crippen molar-refractivity contribution in [3.05, 3.63) is 47.2 Å². The number of rotatable bonds is 3. The number of carbonyl (C=O) groups is 1. The minimum atomic E-state index is -0.134. The number of hydrogen-bond acceptors (Lipinski definition) is 3. The minimum Gasteiger partial charge on any atom is -0.451 e. The standard InChI is InChI=1S/C18H19ClN2O2/c19-14-3-1-2-13(9-14)16-4-5-17(23-16)18(22)20-15-8-12-6-7-21(10-12)11-15/h1-5,9,12,15H,6-8,10-11H2,(H,20,22). The summed E-state index contributed by atoms with van der Waals surface area (Å²) in [5.74, 6) is 1.61. The summed E-state index contributed by atoms with van der Waals surface area (Å²) < 4.78 is 5.71. The Kier molecular flexibility index (Phi) is 3.87. The second kappa shape index (κ2) is 6.02. The summed E-state index contributed by atoms with van der Waals surface area (Å²) in [4.78, 5) is 14.8. The topological polar surface area (TPSA) is 45.5 Å². The van der Waals surface area contributed by atoms with E-state index in [1.54, 1.807) is 6.07 Å². The van der Waals surface area contributed by atoms with Crippen LogP contribution in [0.4, 0.5) is 0 Å². The van der Waals surface area contributed by atoms with Crippen LogP contribution in [0.25, 0.3) is 11.3 Å². The maximum absolute atomic E-state index is 12.4. The Morgan fingerprint density at radius 1 is 1.26 bits per heavy atom. The van der Waals surface area contributed by atoms with Crippen LogP contribution in [0.1, 0.15) is 23.4 Å². The number of furan rings is 1. The lowest BCUT2D eigenvalue weighted by Gasteiger charge is -2.30. The molecule has 0 radical (unpaired) electrons. The van der Waals surface area contributed by atoms with Crippen LogP contribution in [0.3, 0.4) is 0 Å². The van der Waals surface area contributed by atoms with E-state index in [1.165, 1.54) is 13.0 Å². The third kappa shape index (κ3) is 3.14. The van der Waals surface area contributed by atoms with E-state index >= 15 is 0 Å². The molecule has 2 saturated heterocycles. The van der Waals surface area contributed by atoms with E-state index in [1.807, 2.05) is 30.3 Å². The molecule has 0 aliphatic carbocycles. The van der Waals surface area contributed by atoms with Gasteiger partial charge in [-0.15, -0.1) is 0 Å². The van der Waals surface area contributed by atoms with Gasteiger partial charge in [0, 0.05) is 29.7 Å². The van der Waals surface area contributed by atoms with Crippen molar-refractivity contribution in [3.8, 4) is 11.3 Å². The van der Waals surface area contributed by atoms with Crippen molar-refractivity contribution >= 4 is 17.5 Å². The summed E-state index contributed by atoms with van der Waals surface area (Å²) >= 11 is 6.00. The number of carbonyl (C=O) groups excluding carboxylic acids is 1. The largest absolute Gasteiger partial charge is 0.451 e. The van der Waals surface area contributed by atoms with E-state index in [2.05, 4.69) is 10.2 Å². The van der Waals surface area contributed by atoms with Gasteiger partial charge in [-0.25, -0.2) is 0 Å². The first kappa shape index (κ1) is 14.8. The van der Waals surface area contributed by atoms with Gasteiger partial charge in [-0.1, -0.05) is 23.7 Å². The van der Waals surface area contributed by atoms with Crippen molar-refractivity contribution in [2.75, 3.05) is 19.6 Å². The van der Waals surface area contributed by atoms with Gasteiger partial charge in [0.1, 0.15) is 5.76 Å². The number of benzene rings is 1. The fourth-order valence-electron chi connectivity index (χ4n) is 3.68. The molecular formula is C18H19ClN2O2. The van der Waals surface area contributed by atoms with Gasteiger partial charge in [0.2, 0.25) is 0 Å². The van der Waals surface area contributed by atoms with Crippen LogP contribution < -0.4 is 5.32 Å². The Morgan fingerprint density at radius 2 is 2.17 bits per heavy atom. The summed E-state index contributed by atoms with van der Waals surface area (Å²) in [7, 11) is 0. The lowest BCUT2D eigenvalue weighted by atomic mass is 9.97. The molecule has 120 valence electrons. The molecule has 2 aliphatic heterocycles. The molecule has 0 saturated carbocycles. The Morgan fingerprint density at radius 3 is 3.00 bits per heavy atom. The zero-order chi connectivity index (χ0) is 15.8. The van der Waals surface area contributed by atoms with E-state index in [0.717, 1.165) is 31.0 Å². The lowest BCUT2D eigenvalue weighted by Crippen LogP contribution is -2.46. The first-order valence-corrected chi connectivity index (χ1v) is 8.44. The third-order valence-corrected chi connectivity index (χ3v) is 4.98. The van der Waals surface area contributed by atoms with Crippen molar-refractivity contribution in [1.29, 1.82) is 0 Å². The second-order valence-corrected chi connectivity index (χ2v) is 6.93. The average Bonchev–Trinajstić information content (AvgIpc) is 3.14. The van der Waals surface area contributed by atoms with Gasteiger partial charge < -0.3 is 14.6 Å². The Hall–Kier alpha value is -1.78. The maximum Gasteiger partial charge on any atom is 0.287 e. The summed E-state index contributed by atoms with van der Waals surface area (Å²) in [6.45, 7) is 3.30.